The highest BCUT2D eigenvalue weighted by Gasteiger charge is 2.05. The molecule has 0 amide bonds. The van der Waals surface area contributed by atoms with Gasteiger partial charge in [-0.1, -0.05) is 62.6 Å². The number of unbranched alkanes of at least 4 members (excludes halogenated alkanes) is 3. The van der Waals surface area contributed by atoms with Crippen LogP contribution in [-0.2, 0) is 4.74 Å². The lowest BCUT2D eigenvalue weighted by molar-refractivity contribution is -0.0769. The van der Waals surface area contributed by atoms with Crippen LogP contribution in [0.4, 0.5) is 0 Å². The summed E-state index contributed by atoms with van der Waals surface area (Å²) in [5, 5.41) is 9.62. The maximum atomic E-state index is 9.62. The second-order valence-electron chi connectivity index (χ2n) is 5.64. The van der Waals surface area contributed by atoms with E-state index in [4.69, 9.17) is 9.47 Å². The van der Waals surface area contributed by atoms with E-state index < -0.39 is 6.29 Å². The maximum Gasteiger partial charge on any atom is 0.180 e. The monoisotopic (exact) mass is 314 g/mol. The fourth-order valence-electron chi connectivity index (χ4n) is 2.44. The molecule has 0 aliphatic heterocycles. The zero-order chi connectivity index (χ0) is 16.5. The van der Waals surface area contributed by atoms with Gasteiger partial charge in [-0.05, 0) is 29.7 Å². The van der Waals surface area contributed by atoms with Crippen molar-refractivity contribution in [2.24, 2.45) is 0 Å². The van der Waals surface area contributed by atoms with Crippen LogP contribution in [0.3, 0.4) is 0 Å². The number of hydrogen-bond donors (Lipinski definition) is 1. The Kier molecular flexibility index (Phi) is 7.11. The highest BCUT2D eigenvalue weighted by Crippen LogP contribution is 2.24. The fraction of sp³-hybridized carbons (Fsp3) is 0.400. The van der Waals surface area contributed by atoms with Gasteiger partial charge in [0.05, 0.1) is 6.61 Å². The van der Waals surface area contributed by atoms with E-state index in [1.54, 1.807) is 0 Å². The summed E-state index contributed by atoms with van der Waals surface area (Å²) in [4.78, 5) is 0. The zero-order valence-corrected chi connectivity index (χ0v) is 14.0. The number of aliphatic hydroxyl groups is 1. The summed E-state index contributed by atoms with van der Waals surface area (Å²) >= 11 is 0. The Morgan fingerprint density at radius 2 is 1.48 bits per heavy atom. The van der Waals surface area contributed by atoms with Crippen molar-refractivity contribution in [2.75, 3.05) is 13.7 Å². The summed E-state index contributed by atoms with van der Waals surface area (Å²) in [6.07, 6.45) is 3.99. The number of rotatable bonds is 9. The topological polar surface area (TPSA) is 38.7 Å². The van der Waals surface area contributed by atoms with Crippen molar-refractivity contribution >= 4 is 0 Å². The SMILES string of the molecule is CCCCCCOc1ccc(-c2ccc(C(O)OC)cc2)cc1. The highest BCUT2D eigenvalue weighted by atomic mass is 16.6. The first-order valence-electron chi connectivity index (χ1n) is 8.28. The third kappa shape index (κ3) is 5.38. The molecule has 3 heteroatoms. The highest BCUT2D eigenvalue weighted by molar-refractivity contribution is 5.64. The van der Waals surface area contributed by atoms with Crippen molar-refractivity contribution in [3.63, 3.8) is 0 Å². The molecule has 0 aliphatic carbocycles. The van der Waals surface area contributed by atoms with Crippen molar-refractivity contribution < 1.29 is 14.6 Å². The van der Waals surface area contributed by atoms with Crippen molar-refractivity contribution in [2.45, 2.75) is 38.9 Å². The Labute approximate surface area is 138 Å². The molecule has 2 aromatic rings. The summed E-state index contributed by atoms with van der Waals surface area (Å²) in [5.41, 5.74) is 2.98. The molecule has 0 aliphatic rings. The summed E-state index contributed by atoms with van der Waals surface area (Å²) in [6.45, 7) is 2.99. The molecular formula is C20H26O3. The number of benzene rings is 2. The minimum atomic E-state index is -0.868. The third-order valence-corrected chi connectivity index (χ3v) is 3.87. The van der Waals surface area contributed by atoms with Crippen LogP contribution >= 0.6 is 0 Å². The van der Waals surface area contributed by atoms with Crippen molar-refractivity contribution in [1.29, 1.82) is 0 Å². The van der Waals surface area contributed by atoms with Crippen LogP contribution in [0.15, 0.2) is 48.5 Å². The average molecular weight is 314 g/mol. The lowest BCUT2D eigenvalue weighted by atomic mass is 10.0. The first kappa shape index (κ1) is 17.5. The smallest absolute Gasteiger partial charge is 0.180 e. The third-order valence-electron chi connectivity index (χ3n) is 3.87. The van der Waals surface area contributed by atoms with Gasteiger partial charge in [0.2, 0.25) is 0 Å². The van der Waals surface area contributed by atoms with Crippen LogP contribution in [0.2, 0.25) is 0 Å². The fourth-order valence-corrected chi connectivity index (χ4v) is 2.44. The first-order valence-corrected chi connectivity index (χ1v) is 8.28. The molecule has 0 bridgehead atoms. The zero-order valence-electron chi connectivity index (χ0n) is 14.0. The van der Waals surface area contributed by atoms with E-state index in [9.17, 15) is 5.11 Å². The van der Waals surface area contributed by atoms with E-state index in [0.29, 0.717) is 0 Å². The molecule has 2 rings (SSSR count). The second kappa shape index (κ2) is 9.33. The standard InChI is InChI=1S/C20H26O3/c1-3-4-5-6-15-23-19-13-11-17(12-14-19)16-7-9-18(10-8-16)20(21)22-2/h7-14,20-21H,3-6,15H2,1-2H3. The first-order chi connectivity index (χ1) is 11.2. The Morgan fingerprint density at radius 1 is 0.870 bits per heavy atom. The van der Waals surface area contributed by atoms with Gasteiger partial charge in [-0.2, -0.15) is 0 Å². The second-order valence-corrected chi connectivity index (χ2v) is 5.64. The quantitative estimate of drug-likeness (QED) is 0.526. The lowest BCUT2D eigenvalue weighted by Gasteiger charge is -2.10. The molecule has 0 aromatic heterocycles. The molecule has 0 saturated heterocycles. The average Bonchev–Trinajstić information content (AvgIpc) is 2.61. The Balaban J connectivity index is 1.91. The predicted octanol–water partition coefficient (Wildman–Crippen LogP) is 4.95. The van der Waals surface area contributed by atoms with Crippen LogP contribution in [-0.4, -0.2) is 18.8 Å². The number of ether oxygens (including phenoxy) is 2. The van der Waals surface area contributed by atoms with Crippen LogP contribution in [0.5, 0.6) is 5.75 Å². The summed E-state index contributed by atoms with van der Waals surface area (Å²) < 4.78 is 10.7. The minimum Gasteiger partial charge on any atom is -0.494 e. The van der Waals surface area contributed by atoms with E-state index in [0.717, 1.165) is 35.5 Å². The van der Waals surface area contributed by atoms with Gasteiger partial charge in [-0.15, -0.1) is 0 Å². The molecule has 1 N–H and O–H groups in total. The summed E-state index contributed by atoms with van der Waals surface area (Å²) in [7, 11) is 1.49. The molecule has 0 radical (unpaired) electrons. The van der Waals surface area contributed by atoms with Crippen molar-refractivity contribution in [3.8, 4) is 16.9 Å². The van der Waals surface area contributed by atoms with Gasteiger partial charge in [0.15, 0.2) is 6.29 Å². The van der Waals surface area contributed by atoms with Crippen LogP contribution in [0.1, 0.15) is 44.5 Å². The molecular weight excluding hydrogens is 288 g/mol. The Hall–Kier alpha value is -1.84. The summed E-state index contributed by atoms with van der Waals surface area (Å²) in [5.74, 6) is 0.914. The van der Waals surface area contributed by atoms with E-state index in [1.807, 2.05) is 36.4 Å². The molecule has 0 heterocycles. The predicted molar refractivity (Wildman–Crippen MR) is 93.5 cm³/mol. The normalized spacial score (nSPS) is 12.1. The van der Waals surface area contributed by atoms with Gasteiger partial charge < -0.3 is 14.6 Å². The number of hydrogen-bond acceptors (Lipinski definition) is 3. The molecule has 1 unspecified atom stereocenters. The Morgan fingerprint density at radius 3 is 2.04 bits per heavy atom. The maximum absolute atomic E-state index is 9.62. The molecule has 124 valence electrons. The number of aliphatic hydroxyl groups excluding tert-OH is 1. The molecule has 0 saturated carbocycles. The van der Waals surface area contributed by atoms with E-state index in [-0.39, 0.29) is 0 Å². The molecule has 3 nitrogen and oxygen atoms in total. The van der Waals surface area contributed by atoms with E-state index in [1.165, 1.54) is 26.4 Å². The van der Waals surface area contributed by atoms with E-state index in [2.05, 4.69) is 19.1 Å². The van der Waals surface area contributed by atoms with Gasteiger partial charge in [-0.25, -0.2) is 0 Å². The van der Waals surface area contributed by atoms with Crippen LogP contribution < -0.4 is 4.74 Å². The van der Waals surface area contributed by atoms with Crippen LogP contribution in [0, 0.1) is 0 Å². The Bertz CT molecular complexity index is 560. The number of methoxy groups -OCH3 is 1. The van der Waals surface area contributed by atoms with Gasteiger partial charge in [0.25, 0.3) is 0 Å². The molecule has 23 heavy (non-hydrogen) atoms. The van der Waals surface area contributed by atoms with Gasteiger partial charge >= 0.3 is 0 Å². The summed E-state index contributed by atoms with van der Waals surface area (Å²) in [6, 6.07) is 15.9. The molecule has 1 atom stereocenters. The van der Waals surface area contributed by atoms with Crippen LogP contribution in [0.25, 0.3) is 11.1 Å². The van der Waals surface area contributed by atoms with Crippen molar-refractivity contribution in [1.82, 2.24) is 0 Å². The molecule has 2 aromatic carbocycles. The van der Waals surface area contributed by atoms with Gasteiger partial charge in [0.1, 0.15) is 5.75 Å². The van der Waals surface area contributed by atoms with Gasteiger partial charge in [-0.3, -0.25) is 0 Å². The lowest BCUT2D eigenvalue weighted by Crippen LogP contribution is -1.98. The van der Waals surface area contributed by atoms with E-state index >= 15 is 0 Å². The van der Waals surface area contributed by atoms with Crippen molar-refractivity contribution in [3.05, 3.63) is 54.1 Å². The minimum absolute atomic E-state index is 0.753. The largest absolute Gasteiger partial charge is 0.494 e. The molecule has 0 fully saturated rings. The molecule has 0 spiro atoms. The van der Waals surface area contributed by atoms with Gasteiger partial charge in [0, 0.05) is 12.7 Å².